The van der Waals surface area contributed by atoms with Gasteiger partial charge in [-0.15, -0.1) is 0 Å². The lowest BCUT2D eigenvalue weighted by atomic mass is 9.91. The Labute approximate surface area is 237 Å². The Bertz CT molecular complexity index is 1520. The van der Waals surface area contributed by atoms with Gasteiger partial charge in [0.15, 0.2) is 17.5 Å². The number of ether oxygens (including phenoxy) is 1. The van der Waals surface area contributed by atoms with Gasteiger partial charge in [-0.25, -0.2) is 18.8 Å². The van der Waals surface area contributed by atoms with Crippen LogP contribution in [0.2, 0.25) is 0 Å². The van der Waals surface area contributed by atoms with Gasteiger partial charge in [-0.05, 0) is 66.6 Å². The highest BCUT2D eigenvalue weighted by Crippen LogP contribution is 2.39. The molecule has 41 heavy (non-hydrogen) atoms. The molecule has 3 aromatic rings. The van der Waals surface area contributed by atoms with Crippen LogP contribution in [-0.4, -0.2) is 39.0 Å². The van der Waals surface area contributed by atoms with Gasteiger partial charge in [0.1, 0.15) is 5.71 Å². The Kier molecular flexibility index (Phi) is 10.5. The van der Waals surface area contributed by atoms with Crippen LogP contribution in [0, 0.1) is 31.4 Å². The molecule has 3 aromatic carbocycles. The number of aliphatic imine (C=N–C) groups is 3. The summed E-state index contributed by atoms with van der Waals surface area (Å²) < 4.78 is 73.3. The molecular weight excluding hydrogens is 537 g/mol. The standard InChI is InChI=1S/C30H26F5N3.C2H6O/c1-17-8-10-22(24(13-17)30(33,34)35)21-11-9-20(15-19(21)3)12-18(2)14-26-27(16-36-4)38-29(37-26)23-6-5-7-25(31)28(23)32;1-3-2/h5-11,13-16,18H,12H2,1-4H3;1-2H3/b26-14+,36-16?;. The van der Waals surface area contributed by atoms with E-state index < -0.39 is 23.4 Å². The van der Waals surface area contributed by atoms with E-state index in [1.54, 1.807) is 47.2 Å². The first kappa shape index (κ1) is 31.5. The molecule has 216 valence electrons. The van der Waals surface area contributed by atoms with Crippen molar-refractivity contribution >= 4 is 17.8 Å². The van der Waals surface area contributed by atoms with Crippen molar-refractivity contribution in [2.45, 2.75) is 33.4 Å². The molecule has 9 heteroatoms. The Morgan fingerprint density at radius 3 is 2.24 bits per heavy atom. The van der Waals surface area contributed by atoms with Gasteiger partial charge in [0, 0.05) is 27.5 Å². The summed E-state index contributed by atoms with van der Waals surface area (Å²) in [6, 6.07) is 13.6. The van der Waals surface area contributed by atoms with Crippen LogP contribution in [0.3, 0.4) is 0 Å². The summed E-state index contributed by atoms with van der Waals surface area (Å²) in [6.45, 7) is 5.40. The number of rotatable bonds is 6. The van der Waals surface area contributed by atoms with Gasteiger partial charge in [-0.2, -0.15) is 13.2 Å². The lowest BCUT2D eigenvalue weighted by Gasteiger charge is -2.17. The zero-order valence-corrected chi connectivity index (χ0v) is 23.8. The Morgan fingerprint density at radius 2 is 1.61 bits per heavy atom. The average molecular weight is 570 g/mol. The quantitative estimate of drug-likeness (QED) is 0.218. The lowest BCUT2D eigenvalue weighted by molar-refractivity contribution is -0.137. The maximum atomic E-state index is 14.3. The number of aryl methyl sites for hydroxylation is 2. The number of hydrogen-bond acceptors (Lipinski definition) is 4. The SMILES string of the molecule is CN=CC1=NC(c2cccc(F)c2F)=N/C1=C/C(C)Cc1ccc(-c2ccc(C)cc2C(F)(F)F)c(C)c1.COC. The van der Waals surface area contributed by atoms with Crippen molar-refractivity contribution in [3.8, 4) is 11.1 Å². The van der Waals surface area contributed by atoms with Crippen molar-refractivity contribution < 1.29 is 26.7 Å². The minimum atomic E-state index is -4.46. The molecule has 1 heterocycles. The van der Waals surface area contributed by atoms with E-state index in [9.17, 15) is 22.0 Å². The molecule has 0 spiro atoms. The average Bonchev–Trinajstić information content (AvgIpc) is 3.28. The van der Waals surface area contributed by atoms with Crippen molar-refractivity contribution in [1.29, 1.82) is 0 Å². The van der Waals surface area contributed by atoms with Gasteiger partial charge >= 0.3 is 6.18 Å². The van der Waals surface area contributed by atoms with Gasteiger partial charge in [-0.3, -0.25) is 4.99 Å². The number of amidine groups is 1. The molecule has 0 N–H and O–H groups in total. The van der Waals surface area contributed by atoms with Crippen molar-refractivity contribution in [3.63, 3.8) is 0 Å². The number of hydrogen-bond donors (Lipinski definition) is 0. The molecule has 0 saturated heterocycles. The van der Waals surface area contributed by atoms with Crippen LogP contribution in [0.4, 0.5) is 22.0 Å². The summed E-state index contributed by atoms with van der Waals surface area (Å²) >= 11 is 0. The number of benzene rings is 3. The molecule has 1 aliphatic rings. The molecule has 1 aliphatic heterocycles. The fourth-order valence-electron chi connectivity index (χ4n) is 4.49. The molecular formula is C32H32F5N3O. The van der Waals surface area contributed by atoms with E-state index in [4.69, 9.17) is 0 Å². The van der Waals surface area contributed by atoms with E-state index >= 15 is 0 Å². The molecule has 1 atom stereocenters. The summed E-state index contributed by atoms with van der Waals surface area (Å²) in [6.07, 6.45) is -0.496. The van der Waals surface area contributed by atoms with Gasteiger partial charge < -0.3 is 4.74 Å². The fraction of sp³-hybridized carbons (Fsp3) is 0.281. The molecule has 0 aliphatic carbocycles. The first-order chi connectivity index (χ1) is 19.4. The van der Waals surface area contributed by atoms with E-state index in [1.807, 2.05) is 25.1 Å². The second-order valence-electron chi connectivity index (χ2n) is 9.76. The maximum absolute atomic E-state index is 14.3. The zero-order chi connectivity index (χ0) is 30.3. The second-order valence-corrected chi connectivity index (χ2v) is 9.76. The van der Waals surface area contributed by atoms with Crippen LogP contribution in [0.1, 0.15) is 34.7 Å². The predicted octanol–water partition coefficient (Wildman–Crippen LogP) is 8.19. The molecule has 0 fully saturated rings. The third kappa shape index (κ3) is 7.82. The lowest BCUT2D eigenvalue weighted by Crippen LogP contribution is -2.08. The third-order valence-corrected chi connectivity index (χ3v) is 6.22. The number of nitrogens with zero attached hydrogens (tertiary/aromatic N) is 3. The fourth-order valence-corrected chi connectivity index (χ4v) is 4.49. The molecule has 0 radical (unpaired) electrons. The number of alkyl halides is 3. The van der Waals surface area contributed by atoms with Gasteiger partial charge in [-0.1, -0.05) is 55.0 Å². The predicted molar refractivity (Wildman–Crippen MR) is 155 cm³/mol. The third-order valence-electron chi connectivity index (χ3n) is 6.22. The Balaban J connectivity index is 0.00000147. The Hall–Kier alpha value is -3.98. The van der Waals surface area contributed by atoms with E-state index in [1.165, 1.54) is 30.5 Å². The zero-order valence-electron chi connectivity index (χ0n) is 23.8. The van der Waals surface area contributed by atoms with Crippen molar-refractivity contribution in [2.75, 3.05) is 21.3 Å². The summed E-state index contributed by atoms with van der Waals surface area (Å²) in [5, 5.41) is 0. The maximum Gasteiger partial charge on any atom is 0.417 e. The smallest absolute Gasteiger partial charge is 0.388 e. The van der Waals surface area contributed by atoms with Gasteiger partial charge in [0.25, 0.3) is 0 Å². The van der Waals surface area contributed by atoms with Gasteiger partial charge in [0.2, 0.25) is 0 Å². The molecule has 0 aromatic heterocycles. The molecule has 4 rings (SSSR count). The highest BCUT2D eigenvalue weighted by molar-refractivity contribution is 6.42. The molecule has 0 amide bonds. The summed E-state index contributed by atoms with van der Waals surface area (Å²) in [7, 11) is 4.83. The van der Waals surface area contributed by atoms with Crippen molar-refractivity contribution in [3.05, 3.63) is 106 Å². The molecule has 0 saturated carbocycles. The van der Waals surface area contributed by atoms with Crippen LogP contribution in [0.5, 0.6) is 0 Å². The first-order valence-corrected chi connectivity index (χ1v) is 12.8. The van der Waals surface area contributed by atoms with E-state index in [0.717, 1.165) is 17.2 Å². The number of methoxy groups -OCH3 is 1. The van der Waals surface area contributed by atoms with Crippen LogP contribution in [0.25, 0.3) is 11.1 Å². The van der Waals surface area contributed by atoms with Gasteiger partial charge in [0.05, 0.1) is 16.8 Å². The van der Waals surface area contributed by atoms with Crippen LogP contribution in [-0.2, 0) is 17.3 Å². The monoisotopic (exact) mass is 569 g/mol. The van der Waals surface area contributed by atoms with E-state index in [0.29, 0.717) is 29.0 Å². The Morgan fingerprint density at radius 1 is 0.927 bits per heavy atom. The highest BCUT2D eigenvalue weighted by Gasteiger charge is 2.34. The van der Waals surface area contributed by atoms with E-state index in [-0.39, 0.29) is 22.9 Å². The summed E-state index contributed by atoms with van der Waals surface area (Å²) in [5.41, 5.74) is 3.14. The topological polar surface area (TPSA) is 46.3 Å². The molecule has 1 unspecified atom stereocenters. The molecule has 4 nitrogen and oxygen atoms in total. The minimum Gasteiger partial charge on any atom is -0.388 e. The van der Waals surface area contributed by atoms with Crippen LogP contribution < -0.4 is 0 Å². The molecule has 0 bridgehead atoms. The van der Waals surface area contributed by atoms with E-state index in [2.05, 4.69) is 19.7 Å². The van der Waals surface area contributed by atoms with Crippen LogP contribution in [0.15, 0.2) is 81.3 Å². The van der Waals surface area contributed by atoms with Crippen LogP contribution >= 0.6 is 0 Å². The number of halogens is 5. The van der Waals surface area contributed by atoms with Crippen molar-refractivity contribution in [2.24, 2.45) is 20.9 Å². The largest absolute Gasteiger partial charge is 0.417 e. The first-order valence-electron chi connectivity index (χ1n) is 12.8. The summed E-state index contributed by atoms with van der Waals surface area (Å²) in [4.78, 5) is 12.7. The number of allylic oxidation sites excluding steroid dienone is 2. The second kappa shape index (κ2) is 13.6. The summed E-state index contributed by atoms with van der Waals surface area (Å²) in [5.74, 6) is -1.98. The minimum absolute atomic E-state index is 0.0383. The normalized spacial score (nSPS) is 15.0. The highest BCUT2D eigenvalue weighted by atomic mass is 19.4. The van der Waals surface area contributed by atoms with Crippen molar-refractivity contribution in [1.82, 2.24) is 0 Å².